The molecule has 1 aromatic rings. The number of aliphatic carboxylic acids is 1. The third kappa shape index (κ3) is 3.71. The predicted octanol–water partition coefficient (Wildman–Crippen LogP) is 4.01. The van der Waals surface area contributed by atoms with Crippen LogP contribution in [0.1, 0.15) is 66.2 Å². The standard InChI is InChI=1S/C24H30N2O4S/c1-12-6-9-16-17(10-12)31-23(20(16)22(28)25-15-4-2-3-5-15)26-21(27)18-13-7-8-14(11-13)19(18)24(29)30/h7-8,12-15,18-19H,2-6,9-11H2,1H3,(H,25,28)(H,26,27)(H,29,30)/t12-,13+,14+,18+,19+/m1/s1. The zero-order valence-corrected chi connectivity index (χ0v) is 18.7. The van der Waals surface area contributed by atoms with Crippen LogP contribution in [0.4, 0.5) is 5.00 Å². The highest BCUT2D eigenvalue weighted by Crippen LogP contribution is 2.49. The summed E-state index contributed by atoms with van der Waals surface area (Å²) < 4.78 is 0. The molecule has 4 aliphatic rings. The van der Waals surface area contributed by atoms with Crippen molar-refractivity contribution in [1.82, 2.24) is 5.32 Å². The Balaban J connectivity index is 1.43. The van der Waals surface area contributed by atoms with Gasteiger partial charge in [0, 0.05) is 10.9 Å². The molecule has 6 nitrogen and oxygen atoms in total. The van der Waals surface area contributed by atoms with Crippen molar-refractivity contribution in [3.8, 4) is 0 Å². The normalized spacial score (nSPS) is 31.6. The molecule has 2 amide bonds. The lowest BCUT2D eigenvalue weighted by Gasteiger charge is -2.24. The van der Waals surface area contributed by atoms with E-state index < -0.39 is 17.8 Å². The molecule has 1 aromatic heterocycles. The number of rotatable bonds is 5. The van der Waals surface area contributed by atoms with Gasteiger partial charge in [-0.2, -0.15) is 0 Å². The second kappa shape index (κ2) is 8.08. The molecule has 5 atom stereocenters. The monoisotopic (exact) mass is 442 g/mol. The highest BCUT2D eigenvalue weighted by Gasteiger charge is 2.51. The number of nitrogens with one attached hydrogen (secondary N) is 2. The molecule has 2 bridgehead atoms. The first-order valence-electron chi connectivity index (χ1n) is 11.6. The SMILES string of the molecule is C[C@@H]1CCc2c(sc(NC(=O)[C@@H]3[C@@H](C(=O)O)[C@H]4C=C[C@H]3C4)c2C(=O)NC2CCCC2)C1. The van der Waals surface area contributed by atoms with Gasteiger partial charge in [0.25, 0.3) is 5.91 Å². The van der Waals surface area contributed by atoms with E-state index in [1.165, 1.54) is 16.2 Å². The summed E-state index contributed by atoms with van der Waals surface area (Å²) in [6.45, 7) is 2.22. The zero-order valence-electron chi connectivity index (χ0n) is 17.9. The van der Waals surface area contributed by atoms with Gasteiger partial charge < -0.3 is 15.7 Å². The summed E-state index contributed by atoms with van der Waals surface area (Å²) in [4.78, 5) is 39.6. The maximum absolute atomic E-state index is 13.3. The van der Waals surface area contributed by atoms with Gasteiger partial charge in [-0.25, -0.2) is 0 Å². The Bertz CT molecular complexity index is 946. The van der Waals surface area contributed by atoms with Crippen molar-refractivity contribution >= 4 is 34.1 Å². The maximum atomic E-state index is 13.3. The Labute approximate surface area is 186 Å². The number of anilines is 1. The zero-order chi connectivity index (χ0) is 21.7. The second-order valence-electron chi connectivity index (χ2n) is 9.84. The van der Waals surface area contributed by atoms with Crippen LogP contribution < -0.4 is 10.6 Å². The van der Waals surface area contributed by atoms with Crippen LogP contribution in [0.25, 0.3) is 0 Å². The van der Waals surface area contributed by atoms with Crippen LogP contribution in [0.3, 0.4) is 0 Å². The van der Waals surface area contributed by atoms with E-state index in [-0.39, 0.29) is 29.7 Å². The first kappa shape index (κ1) is 20.7. The van der Waals surface area contributed by atoms with Crippen LogP contribution >= 0.6 is 11.3 Å². The summed E-state index contributed by atoms with van der Waals surface area (Å²) in [7, 11) is 0. The van der Waals surface area contributed by atoms with Gasteiger partial charge in [-0.05, 0) is 61.8 Å². The summed E-state index contributed by atoms with van der Waals surface area (Å²) in [5.41, 5.74) is 1.70. The first-order valence-corrected chi connectivity index (χ1v) is 12.4. The van der Waals surface area contributed by atoms with E-state index in [1.54, 1.807) is 0 Å². The Hall–Kier alpha value is -2.15. The molecule has 0 aliphatic heterocycles. The molecule has 2 saturated carbocycles. The van der Waals surface area contributed by atoms with Gasteiger partial charge in [-0.1, -0.05) is 31.9 Å². The summed E-state index contributed by atoms with van der Waals surface area (Å²) in [5.74, 6) is -2.04. The molecular weight excluding hydrogens is 412 g/mol. The highest BCUT2D eigenvalue weighted by molar-refractivity contribution is 7.17. The molecule has 0 saturated heterocycles. The number of allylic oxidation sites excluding steroid dienone is 2. The molecule has 5 rings (SSSR count). The molecule has 0 unspecified atom stereocenters. The number of thiophene rings is 1. The Morgan fingerprint density at radius 2 is 1.77 bits per heavy atom. The van der Waals surface area contributed by atoms with Crippen LogP contribution in [0.2, 0.25) is 0 Å². The largest absolute Gasteiger partial charge is 0.481 e. The summed E-state index contributed by atoms with van der Waals surface area (Å²) >= 11 is 1.51. The van der Waals surface area contributed by atoms with E-state index in [1.807, 2.05) is 12.2 Å². The van der Waals surface area contributed by atoms with Gasteiger partial charge in [0.05, 0.1) is 17.4 Å². The lowest BCUT2D eigenvalue weighted by Crippen LogP contribution is -2.37. The summed E-state index contributed by atoms with van der Waals surface area (Å²) in [5, 5.41) is 16.5. The fourth-order valence-electron chi connectivity index (χ4n) is 6.12. The topological polar surface area (TPSA) is 95.5 Å². The van der Waals surface area contributed by atoms with Crippen LogP contribution in [0.5, 0.6) is 0 Å². The smallest absolute Gasteiger partial charge is 0.307 e. The van der Waals surface area contributed by atoms with E-state index in [0.29, 0.717) is 16.5 Å². The summed E-state index contributed by atoms with van der Waals surface area (Å²) in [6.07, 6.45) is 11.8. The van der Waals surface area contributed by atoms with Crippen LogP contribution in [0.15, 0.2) is 12.2 Å². The fraction of sp³-hybridized carbons (Fsp3) is 0.625. The average molecular weight is 443 g/mol. The van der Waals surface area contributed by atoms with Gasteiger partial charge in [0.1, 0.15) is 5.00 Å². The van der Waals surface area contributed by atoms with Gasteiger partial charge in [0.2, 0.25) is 5.91 Å². The van der Waals surface area contributed by atoms with Gasteiger partial charge in [-0.15, -0.1) is 11.3 Å². The lowest BCUT2D eigenvalue weighted by molar-refractivity contribution is -0.146. The van der Waals surface area contributed by atoms with E-state index in [2.05, 4.69) is 17.6 Å². The van der Waals surface area contributed by atoms with E-state index >= 15 is 0 Å². The number of hydrogen-bond acceptors (Lipinski definition) is 4. The Morgan fingerprint density at radius 1 is 1.06 bits per heavy atom. The molecule has 1 heterocycles. The van der Waals surface area contributed by atoms with Gasteiger partial charge in [-0.3, -0.25) is 14.4 Å². The van der Waals surface area contributed by atoms with Crippen molar-refractivity contribution in [2.24, 2.45) is 29.6 Å². The van der Waals surface area contributed by atoms with Crippen molar-refractivity contribution in [1.29, 1.82) is 0 Å². The first-order chi connectivity index (χ1) is 14.9. The quantitative estimate of drug-likeness (QED) is 0.601. The number of amides is 2. The third-order valence-corrected chi connectivity index (χ3v) is 8.88. The molecule has 0 aromatic carbocycles. The van der Waals surface area contributed by atoms with Crippen molar-refractivity contribution in [2.75, 3.05) is 5.32 Å². The molecule has 31 heavy (non-hydrogen) atoms. The number of hydrogen-bond donors (Lipinski definition) is 3. The van der Waals surface area contributed by atoms with Crippen molar-refractivity contribution in [3.05, 3.63) is 28.2 Å². The van der Waals surface area contributed by atoms with E-state index in [9.17, 15) is 19.5 Å². The fourth-order valence-corrected chi connectivity index (χ4v) is 7.53. The number of fused-ring (bicyclic) bond motifs is 3. The molecule has 4 aliphatic carbocycles. The minimum absolute atomic E-state index is 0.0310. The molecular formula is C24H30N2O4S. The second-order valence-corrected chi connectivity index (χ2v) is 10.9. The van der Waals surface area contributed by atoms with Crippen molar-refractivity contribution < 1.29 is 19.5 Å². The highest BCUT2D eigenvalue weighted by atomic mass is 32.1. The Morgan fingerprint density at radius 3 is 2.48 bits per heavy atom. The summed E-state index contributed by atoms with van der Waals surface area (Å²) in [6, 6.07) is 0.209. The maximum Gasteiger partial charge on any atom is 0.307 e. The molecule has 0 spiro atoms. The number of carbonyl (C=O) groups is 3. The number of carboxylic acid groups (broad SMARTS) is 1. The van der Waals surface area contributed by atoms with Gasteiger partial charge >= 0.3 is 5.97 Å². The van der Waals surface area contributed by atoms with Crippen LogP contribution in [0, 0.1) is 29.6 Å². The average Bonchev–Trinajstić information content (AvgIpc) is 3.50. The predicted molar refractivity (Wildman–Crippen MR) is 119 cm³/mol. The van der Waals surface area contributed by atoms with Crippen molar-refractivity contribution in [2.45, 2.75) is 64.3 Å². The van der Waals surface area contributed by atoms with Crippen LogP contribution in [-0.2, 0) is 22.4 Å². The number of carbonyl (C=O) groups excluding carboxylic acids is 2. The third-order valence-electron chi connectivity index (χ3n) is 7.71. The molecule has 7 heteroatoms. The minimum atomic E-state index is -0.907. The van der Waals surface area contributed by atoms with Gasteiger partial charge in [0.15, 0.2) is 0 Å². The van der Waals surface area contributed by atoms with Crippen molar-refractivity contribution in [3.63, 3.8) is 0 Å². The molecule has 2 fully saturated rings. The van der Waals surface area contributed by atoms with E-state index in [0.717, 1.165) is 56.9 Å². The molecule has 166 valence electrons. The lowest BCUT2D eigenvalue weighted by atomic mass is 9.82. The number of carboxylic acids is 1. The van der Waals surface area contributed by atoms with E-state index in [4.69, 9.17) is 0 Å². The molecule has 0 radical (unpaired) electrons. The molecule has 3 N–H and O–H groups in total. The Kier molecular flexibility index (Phi) is 5.40. The van der Waals surface area contributed by atoms with Crippen LogP contribution in [-0.4, -0.2) is 28.9 Å². The minimum Gasteiger partial charge on any atom is -0.481 e.